The lowest BCUT2D eigenvalue weighted by atomic mass is 9.46. The number of ether oxygens (including phenoxy) is 5. The number of hydrogen-bond acceptors (Lipinski definition) is 24. The topological polar surface area (TPSA) is 399 Å². The van der Waals surface area contributed by atoms with Gasteiger partial charge < -0.3 is 68.2 Å². The molecule has 1 saturated heterocycles. The van der Waals surface area contributed by atoms with Crippen LogP contribution in [0.5, 0.6) is 0 Å². The van der Waals surface area contributed by atoms with Crippen LogP contribution >= 0.6 is 0 Å². The van der Waals surface area contributed by atoms with E-state index in [1.807, 2.05) is 75.3 Å². The van der Waals surface area contributed by atoms with E-state index in [1.54, 1.807) is 86.6 Å². The summed E-state index contributed by atoms with van der Waals surface area (Å²) in [6.45, 7) is 31.6. The third kappa shape index (κ3) is 28.6. The molecule has 31 heteroatoms. The summed E-state index contributed by atoms with van der Waals surface area (Å²) in [5, 5.41) is 23.9. The van der Waals surface area contributed by atoms with Crippen LogP contribution in [0.3, 0.4) is 0 Å². The van der Waals surface area contributed by atoms with Gasteiger partial charge in [0.15, 0.2) is 29.7 Å². The summed E-state index contributed by atoms with van der Waals surface area (Å²) in [6.07, 6.45) is 5.85. The average Bonchev–Trinajstić information content (AvgIpc) is 1.51. The van der Waals surface area contributed by atoms with Gasteiger partial charge in [-0.1, -0.05) is 148 Å². The summed E-state index contributed by atoms with van der Waals surface area (Å²) in [7, 11) is 9.92. The van der Waals surface area contributed by atoms with Gasteiger partial charge in [-0.3, -0.25) is 76.7 Å². The zero-order valence-electron chi connectivity index (χ0n) is 82.8. The number of hydrogen-bond donors (Lipinski definition) is 2. The lowest BCUT2D eigenvalue weighted by Crippen LogP contribution is -2.62. The van der Waals surface area contributed by atoms with Gasteiger partial charge in [-0.2, -0.15) is 0 Å². The van der Waals surface area contributed by atoms with Crippen LogP contribution in [0.25, 0.3) is 0 Å². The number of ketones is 6. The predicted molar refractivity (Wildman–Crippen MR) is 487 cm³/mol. The second kappa shape index (κ2) is 49.7. The molecule has 0 spiro atoms. The molecule has 1 heterocycles. The third-order valence-electron chi connectivity index (χ3n) is 28.2. The Labute approximate surface area is 772 Å². The van der Waals surface area contributed by atoms with Gasteiger partial charge in [0.1, 0.15) is 41.7 Å². The van der Waals surface area contributed by atoms with Crippen LogP contribution in [-0.4, -0.2) is 275 Å². The number of carbonyl (C=O) groups excluding carboxylic acids is 17. The normalized spacial score (nSPS) is 29.4. The minimum atomic E-state index is -1.88. The smallest absolute Gasteiger partial charge is 0.466 e. The molecule has 0 aromatic heterocycles. The first-order valence-electron chi connectivity index (χ1n) is 47.3. The highest BCUT2D eigenvalue weighted by Crippen LogP contribution is 2.67. The number of nitrogens with zero attached hydrogens (tertiary/aromatic N) is 7. The van der Waals surface area contributed by atoms with Gasteiger partial charge in [-0.15, -0.1) is 0 Å². The fourth-order valence-corrected chi connectivity index (χ4v) is 20.4. The van der Waals surface area contributed by atoms with Crippen molar-refractivity contribution in [1.29, 1.82) is 0 Å². The van der Waals surface area contributed by atoms with Crippen molar-refractivity contribution in [2.75, 3.05) is 75.9 Å². The standard InChI is InChI=1S/C99H157N7O24/c1-27-29-33-63(15)89(130-96(124)129-56-128-83(115)34-31-30-32-43-126-84(116)37-38-85(117)127-55-81(113)99(125)42-40-71-69-36-35-67-51-68(107)39-41-97(67,18)86(69)80(112)53-98(71,99)19)88-79(111)50-66(28-2)91(119)100(20)54-82(114)101(21)72(44-57(3)4)78(110)52-70(61(11)12)92(120)102(22)73(45-58(5)6)77(109)48-64(16)76(108)49-65(17)90(118)103(23)74(46-59(7)8)93(121)104(24)75(47-60(9)10)94(122)105(25)87(62(13)14)95(123)106(88)26/h27,29,39,41,51,57-66,69-75,80,86-89,112,125H,28,30-38,40,42-50,52-56H2,1-26H3/b29-27+/t63-,64+,65-,66+,69?,70-,71?,72+,73-,74-,75-,80+,86?,87-,88+,89-,97+,98+,99+/m1/s1. The van der Waals surface area contributed by atoms with Gasteiger partial charge in [0.25, 0.3) is 0 Å². The molecule has 3 saturated carbocycles. The van der Waals surface area contributed by atoms with Gasteiger partial charge in [0.05, 0.1) is 44.2 Å². The molecule has 5 aliphatic rings. The van der Waals surface area contributed by atoms with Crippen molar-refractivity contribution in [2.45, 2.75) is 320 Å². The monoisotopic (exact) mass is 1830 g/mol. The summed E-state index contributed by atoms with van der Waals surface area (Å²) in [5.74, 6) is -16.8. The minimum absolute atomic E-state index is 0.00348. The van der Waals surface area contributed by atoms with Crippen molar-refractivity contribution >= 4 is 100 Å². The van der Waals surface area contributed by atoms with Crippen molar-refractivity contribution in [2.24, 2.45) is 93.7 Å². The molecular weight excluding hydrogens is 1670 g/mol. The highest BCUT2D eigenvalue weighted by atomic mass is 16.8. The maximum Gasteiger partial charge on any atom is 0.511 e. The number of fused-ring (bicyclic) bond motifs is 5. The van der Waals surface area contributed by atoms with Crippen LogP contribution in [0.2, 0.25) is 0 Å². The van der Waals surface area contributed by atoms with E-state index in [9.17, 15) is 72.5 Å². The summed E-state index contributed by atoms with van der Waals surface area (Å²) >= 11 is 0. The fourth-order valence-electron chi connectivity index (χ4n) is 20.4. The highest BCUT2D eigenvalue weighted by molar-refractivity contribution is 6.02. The summed E-state index contributed by atoms with van der Waals surface area (Å²) in [4.78, 5) is 253. The number of aliphatic hydroxyl groups excluding tert-OH is 1. The largest absolute Gasteiger partial charge is 0.511 e. The predicted octanol–water partition coefficient (Wildman–Crippen LogP) is 11.3. The Kier molecular flexibility index (Phi) is 42.7. The van der Waals surface area contributed by atoms with Gasteiger partial charge >= 0.3 is 24.1 Å². The Morgan fingerprint density at radius 3 is 1.63 bits per heavy atom. The van der Waals surface area contributed by atoms with Crippen molar-refractivity contribution in [3.05, 3.63) is 36.0 Å². The van der Waals surface area contributed by atoms with Gasteiger partial charge in [-0.25, -0.2) is 4.79 Å². The first kappa shape index (κ1) is 112. The van der Waals surface area contributed by atoms with Crippen molar-refractivity contribution in [1.82, 2.24) is 34.3 Å². The Morgan fingerprint density at radius 1 is 0.546 bits per heavy atom. The molecule has 19 atom stereocenters. The number of carbonyl (C=O) groups is 17. The highest BCUT2D eigenvalue weighted by Gasteiger charge is 2.68. The SMILES string of the molecule is C/C=C/C[C@@H](C)[C@@H](OC(=O)OCOC(=O)CCCCCOC(=O)CCC(=O)OCC(=O)[C@@]1(O)CCC2C3CCC4=CC(=O)C=C[C@]4(C)C3[C@@H](O)C[C@@]21C)[C@@H]1C(=O)C[C@H](CC)C(=O)N(C)CC(=O)N(C)[C@@H](CC(C)C)C(=O)C[C@H](C(C)C)C(=O)N(C)[C@H](CC(C)C)C(=O)C[C@H](C)C(=O)C[C@@H](C)C(=O)N(C)[C@H](CC(C)C)C(=O)N(C)[C@H](CC(C)C)C(=O)N(C)[C@H](C(C)C)C(=O)N1C. The second-order valence-corrected chi connectivity index (χ2v) is 40.7. The number of rotatable bonds is 30. The van der Waals surface area contributed by atoms with Crippen LogP contribution in [0.4, 0.5) is 4.79 Å². The molecule has 130 heavy (non-hydrogen) atoms. The molecule has 0 aromatic carbocycles. The Bertz CT molecular complexity index is 4110. The number of allylic oxidation sites excluding steroid dienone is 6. The summed E-state index contributed by atoms with van der Waals surface area (Å²) in [5.41, 5.74) is -2.45. The molecule has 732 valence electrons. The molecular formula is C99H157N7O24. The molecule has 0 radical (unpaired) electrons. The van der Waals surface area contributed by atoms with E-state index in [0.29, 0.717) is 32.1 Å². The summed E-state index contributed by atoms with van der Waals surface area (Å²) in [6, 6.07) is -7.71. The second-order valence-electron chi connectivity index (χ2n) is 40.7. The number of Topliss-reactive ketones (excluding diaryl/α,β-unsaturated/α-hetero) is 5. The van der Waals surface area contributed by atoms with Crippen LogP contribution in [0.1, 0.15) is 266 Å². The van der Waals surface area contributed by atoms with Gasteiger partial charge in [0.2, 0.25) is 53.9 Å². The lowest BCUT2D eigenvalue weighted by molar-refractivity contribution is -0.181. The van der Waals surface area contributed by atoms with Crippen LogP contribution < -0.4 is 0 Å². The molecule has 2 N–H and O–H groups in total. The first-order chi connectivity index (χ1) is 60.6. The molecule has 31 nitrogen and oxygen atoms in total. The zero-order valence-corrected chi connectivity index (χ0v) is 82.8. The maximum atomic E-state index is 15.9. The van der Waals surface area contributed by atoms with Gasteiger partial charge in [-0.05, 0) is 162 Å². The Morgan fingerprint density at radius 2 is 1.07 bits per heavy atom. The number of likely N-dealkylation sites (N-methyl/N-ethyl adjacent to an activating group) is 7. The molecule has 1 aliphatic heterocycles. The van der Waals surface area contributed by atoms with Crippen molar-refractivity contribution in [3.8, 4) is 0 Å². The maximum absolute atomic E-state index is 15.9. The lowest BCUT2D eigenvalue weighted by Gasteiger charge is -2.59. The quantitative estimate of drug-likeness (QED) is 0.0222. The Balaban J connectivity index is 1.38. The average molecular weight is 1830 g/mol. The van der Waals surface area contributed by atoms with Crippen molar-refractivity contribution in [3.63, 3.8) is 0 Å². The molecule has 7 amide bonds. The number of amides is 7. The minimum Gasteiger partial charge on any atom is -0.466 e. The molecule has 3 unspecified atom stereocenters. The number of esters is 3. The molecule has 0 aromatic rings. The molecule has 0 bridgehead atoms. The first-order valence-corrected chi connectivity index (χ1v) is 47.3. The van der Waals surface area contributed by atoms with Crippen LogP contribution in [-0.2, 0) is 100 Å². The van der Waals surface area contributed by atoms with Crippen LogP contribution in [0, 0.1) is 93.7 Å². The number of unbranched alkanes of at least 4 members (excludes halogenated alkanes) is 2. The zero-order chi connectivity index (χ0) is 98.4. The molecule has 4 fully saturated rings. The Hall–Kier alpha value is -8.87. The third-order valence-corrected chi connectivity index (χ3v) is 28.2. The van der Waals surface area contributed by atoms with Gasteiger partial charge in [0, 0.05) is 122 Å². The van der Waals surface area contributed by atoms with E-state index in [4.69, 9.17) is 23.7 Å². The summed E-state index contributed by atoms with van der Waals surface area (Å²) < 4.78 is 27.4. The van der Waals surface area contributed by atoms with E-state index >= 15 is 19.2 Å². The van der Waals surface area contributed by atoms with E-state index in [2.05, 4.69) is 0 Å². The fraction of sp³-hybridized carbons (Fsp3) is 0.768. The van der Waals surface area contributed by atoms with E-state index in [-0.39, 0.29) is 144 Å². The van der Waals surface area contributed by atoms with Crippen molar-refractivity contribution < 1.29 is 115 Å². The van der Waals surface area contributed by atoms with E-state index < -0.39 is 233 Å². The van der Waals surface area contributed by atoms with E-state index in [0.717, 1.165) is 15.4 Å². The van der Waals surface area contributed by atoms with Crippen LogP contribution in [0.15, 0.2) is 36.0 Å². The number of aliphatic hydroxyl groups is 2. The molecule has 4 aliphatic carbocycles. The van der Waals surface area contributed by atoms with E-state index in [1.165, 1.54) is 73.8 Å². The molecule has 5 rings (SSSR count).